The first-order valence-electron chi connectivity index (χ1n) is 8.26. The van der Waals surface area contributed by atoms with E-state index in [0.29, 0.717) is 18.1 Å². The molecule has 4 rings (SSSR count). The fourth-order valence-corrected chi connectivity index (χ4v) is 3.39. The Morgan fingerprint density at radius 3 is 2.83 bits per heavy atom. The minimum Gasteiger partial charge on any atom is -0.461 e. The normalized spacial score (nSPS) is 24.6. The molecule has 4 heterocycles. The Balaban J connectivity index is 1.38. The Hall–Kier alpha value is -2.41. The molecule has 1 N–H and O–H groups in total. The van der Waals surface area contributed by atoms with Gasteiger partial charge >= 0.3 is 6.09 Å². The first kappa shape index (κ1) is 15.1. The first-order valence-corrected chi connectivity index (χ1v) is 8.26. The Kier molecular flexibility index (Phi) is 3.93. The third-order valence-corrected chi connectivity index (χ3v) is 4.71. The van der Waals surface area contributed by atoms with Crippen LogP contribution in [-0.4, -0.2) is 46.2 Å². The van der Waals surface area contributed by atoms with Gasteiger partial charge in [0.25, 0.3) is 0 Å². The molecule has 1 amide bonds. The van der Waals surface area contributed by atoms with E-state index in [9.17, 15) is 4.79 Å². The number of amides is 1. The van der Waals surface area contributed by atoms with Crippen LogP contribution < -0.4 is 5.32 Å². The number of likely N-dealkylation sites (tertiary alicyclic amines) is 1. The van der Waals surface area contributed by atoms with E-state index >= 15 is 0 Å². The van der Waals surface area contributed by atoms with Crippen molar-refractivity contribution >= 4 is 6.09 Å². The van der Waals surface area contributed by atoms with Gasteiger partial charge < -0.3 is 14.5 Å². The van der Waals surface area contributed by atoms with Crippen LogP contribution in [0.25, 0.3) is 11.6 Å². The summed E-state index contributed by atoms with van der Waals surface area (Å²) in [6.45, 7) is 3.31. The summed E-state index contributed by atoms with van der Waals surface area (Å²) in [6, 6.07) is 3.67. The number of alkyl carbamates (subject to hydrolysis) is 1. The Morgan fingerprint density at radius 1 is 1.25 bits per heavy atom. The number of ether oxygens (including phenoxy) is 1. The highest BCUT2D eigenvalue weighted by Crippen LogP contribution is 2.29. The van der Waals surface area contributed by atoms with E-state index < -0.39 is 0 Å². The standard InChI is InChI=1S/C17H20N4O3/c22-16-20-12-17(24-16)4-2-6-21(7-5-17)11-13-9-18-15(19-10-13)14-3-1-8-23-14/h1,3,8-10H,2,4-7,11-12H2,(H,20,22)/t17-/m0/s1. The van der Waals surface area contributed by atoms with Gasteiger partial charge in [-0.25, -0.2) is 14.8 Å². The summed E-state index contributed by atoms with van der Waals surface area (Å²) in [4.78, 5) is 22.5. The second kappa shape index (κ2) is 6.24. The minimum absolute atomic E-state index is 0.287. The SMILES string of the molecule is O=C1NC[C@@]2(CCCN(Cc3cnc(-c4ccco4)nc3)CC2)O1. The van der Waals surface area contributed by atoms with Crippen LogP contribution in [0.2, 0.25) is 0 Å². The second-order valence-electron chi connectivity index (χ2n) is 6.45. The fourth-order valence-electron chi connectivity index (χ4n) is 3.39. The summed E-state index contributed by atoms with van der Waals surface area (Å²) in [7, 11) is 0. The molecule has 0 saturated carbocycles. The smallest absolute Gasteiger partial charge is 0.407 e. The minimum atomic E-state index is -0.314. The lowest BCUT2D eigenvalue weighted by Crippen LogP contribution is -2.34. The molecule has 7 heteroatoms. The number of hydrogen-bond donors (Lipinski definition) is 1. The van der Waals surface area contributed by atoms with Gasteiger partial charge in [0.1, 0.15) is 5.60 Å². The lowest BCUT2D eigenvalue weighted by Gasteiger charge is -2.24. The van der Waals surface area contributed by atoms with E-state index in [1.165, 1.54) is 0 Å². The van der Waals surface area contributed by atoms with Crippen LogP contribution >= 0.6 is 0 Å². The summed E-state index contributed by atoms with van der Waals surface area (Å²) in [6.07, 6.45) is 7.81. The fraction of sp³-hybridized carbons (Fsp3) is 0.471. The first-order chi connectivity index (χ1) is 11.7. The number of furan rings is 1. The van der Waals surface area contributed by atoms with Crippen LogP contribution in [0.5, 0.6) is 0 Å². The lowest BCUT2D eigenvalue weighted by molar-refractivity contribution is 0.0443. The molecule has 2 aromatic rings. The predicted molar refractivity (Wildman–Crippen MR) is 86.1 cm³/mol. The summed E-state index contributed by atoms with van der Waals surface area (Å²) < 4.78 is 10.8. The zero-order chi connectivity index (χ0) is 16.4. The molecule has 0 aromatic carbocycles. The number of nitrogens with one attached hydrogen (secondary N) is 1. The third kappa shape index (κ3) is 3.12. The van der Waals surface area contributed by atoms with Crippen molar-refractivity contribution in [3.05, 3.63) is 36.4 Å². The highest BCUT2D eigenvalue weighted by molar-refractivity contribution is 5.70. The molecular formula is C17H20N4O3. The zero-order valence-electron chi connectivity index (χ0n) is 13.4. The largest absolute Gasteiger partial charge is 0.461 e. The quantitative estimate of drug-likeness (QED) is 0.930. The molecule has 2 aromatic heterocycles. The summed E-state index contributed by atoms with van der Waals surface area (Å²) >= 11 is 0. The number of carbonyl (C=O) groups excluding carboxylic acids is 1. The number of hydrogen-bond acceptors (Lipinski definition) is 6. The lowest BCUT2D eigenvalue weighted by atomic mass is 9.95. The Morgan fingerprint density at radius 2 is 2.12 bits per heavy atom. The van der Waals surface area contributed by atoms with Gasteiger partial charge in [0.05, 0.1) is 12.8 Å². The van der Waals surface area contributed by atoms with Crippen molar-refractivity contribution in [2.45, 2.75) is 31.4 Å². The molecule has 7 nitrogen and oxygen atoms in total. The molecule has 2 saturated heterocycles. The molecule has 24 heavy (non-hydrogen) atoms. The van der Waals surface area contributed by atoms with Gasteiger partial charge in [-0.05, 0) is 31.5 Å². The van der Waals surface area contributed by atoms with E-state index in [1.54, 1.807) is 6.26 Å². The van der Waals surface area contributed by atoms with Gasteiger partial charge in [0.2, 0.25) is 0 Å². The average molecular weight is 328 g/mol. The topological polar surface area (TPSA) is 80.5 Å². The average Bonchev–Trinajstić information content (AvgIpc) is 3.19. The Bertz CT molecular complexity index is 701. The van der Waals surface area contributed by atoms with Gasteiger partial charge in [-0.2, -0.15) is 0 Å². The van der Waals surface area contributed by atoms with Gasteiger partial charge in [0, 0.05) is 37.5 Å². The maximum atomic E-state index is 11.4. The highest BCUT2D eigenvalue weighted by atomic mass is 16.6. The monoisotopic (exact) mass is 328 g/mol. The van der Waals surface area contributed by atoms with Gasteiger partial charge in [-0.3, -0.25) is 4.90 Å². The van der Waals surface area contributed by atoms with E-state index in [1.807, 2.05) is 24.5 Å². The molecule has 0 aliphatic carbocycles. The Labute approximate surface area is 140 Å². The van der Waals surface area contributed by atoms with Crippen LogP contribution in [0, 0.1) is 0 Å². The number of rotatable bonds is 3. The van der Waals surface area contributed by atoms with Crippen LogP contribution in [0.4, 0.5) is 4.79 Å². The highest BCUT2D eigenvalue weighted by Gasteiger charge is 2.41. The van der Waals surface area contributed by atoms with Gasteiger partial charge in [-0.15, -0.1) is 0 Å². The summed E-state index contributed by atoms with van der Waals surface area (Å²) in [5, 5.41) is 2.78. The third-order valence-electron chi connectivity index (χ3n) is 4.71. The van der Waals surface area contributed by atoms with Crippen molar-refractivity contribution in [1.29, 1.82) is 0 Å². The maximum absolute atomic E-state index is 11.4. The van der Waals surface area contributed by atoms with Crippen molar-refractivity contribution in [2.75, 3.05) is 19.6 Å². The molecule has 2 aliphatic rings. The molecule has 2 aliphatic heterocycles. The second-order valence-corrected chi connectivity index (χ2v) is 6.45. The zero-order valence-corrected chi connectivity index (χ0v) is 13.4. The summed E-state index contributed by atoms with van der Waals surface area (Å²) in [5.41, 5.74) is 0.758. The van der Waals surface area contributed by atoms with Crippen molar-refractivity contribution in [3.8, 4) is 11.6 Å². The molecule has 0 bridgehead atoms. The molecule has 1 atom stereocenters. The van der Waals surface area contributed by atoms with Crippen molar-refractivity contribution in [1.82, 2.24) is 20.2 Å². The van der Waals surface area contributed by atoms with E-state index in [4.69, 9.17) is 9.15 Å². The van der Waals surface area contributed by atoms with Crippen LogP contribution in [-0.2, 0) is 11.3 Å². The number of aromatic nitrogens is 2. The predicted octanol–water partition coefficient (Wildman–Crippen LogP) is 2.20. The van der Waals surface area contributed by atoms with Gasteiger partial charge in [-0.1, -0.05) is 0 Å². The van der Waals surface area contributed by atoms with E-state index in [2.05, 4.69) is 20.2 Å². The van der Waals surface area contributed by atoms with E-state index in [0.717, 1.165) is 44.5 Å². The molecule has 0 unspecified atom stereocenters. The molecule has 126 valence electrons. The molecular weight excluding hydrogens is 308 g/mol. The molecule has 0 radical (unpaired) electrons. The molecule has 1 spiro atoms. The number of nitrogens with zero attached hydrogens (tertiary/aromatic N) is 3. The van der Waals surface area contributed by atoms with Crippen molar-refractivity contribution in [3.63, 3.8) is 0 Å². The van der Waals surface area contributed by atoms with Crippen LogP contribution in [0.1, 0.15) is 24.8 Å². The summed E-state index contributed by atoms with van der Waals surface area (Å²) in [5.74, 6) is 1.27. The van der Waals surface area contributed by atoms with Crippen LogP contribution in [0.3, 0.4) is 0 Å². The van der Waals surface area contributed by atoms with E-state index in [-0.39, 0.29) is 11.7 Å². The van der Waals surface area contributed by atoms with Crippen LogP contribution in [0.15, 0.2) is 35.2 Å². The molecule has 2 fully saturated rings. The maximum Gasteiger partial charge on any atom is 0.407 e. The number of carbonyl (C=O) groups is 1. The van der Waals surface area contributed by atoms with Crippen molar-refractivity contribution in [2.24, 2.45) is 0 Å². The van der Waals surface area contributed by atoms with Gasteiger partial charge in [0.15, 0.2) is 11.6 Å². The van der Waals surface area contributed by atoms with Crippen molar-refractivity contribution < 1.29 is 13.9 Å².